The number of hydrogen-bond acceptors (Lipinski definition) is 1. The third-order valence-electron chi connectivity index (χ3n) is 2.70. The summed E-state index contributed by atoms with van der Waals surface area (Å²) >= 11 is 0. The number of fused-ring (bicyclic) bond motifs is 1. The maximum atomic E-state index is 11.8. The summed E-state index contributed by atoms with van der Waals surface area (Å²) in [6.07, 6.45) is 5.46. The van der Waals surface area contributed by atoms with Crippen LogP contribution in [0.5, 0.6) is 0 Å². The first-order chi connectivity index (χ1) is 7.70. The summed E-state index contributed by atoms with van der Waals surface area (Å²) in [6.45, 7) is 0. The number of nitrogens with one attached hydrogen (secondary N) is 1. The molecule has 1 aromatic carbocycles. The average Bonchev–Trinajstić information content (AvgIpc) is 2.62. The molecular formula is C13H12N2O. The Kier molecular flexibility index (Phi) is 2.41. The maximum absolute atomic E-state index is 11.8. The van der Waals surface area contributed by atoms with Crippen molar-refractivity contribution in [2.75, 3.05) is 7.05 Å². The van der Waals surface area contributed by atoms with Gasteiger partial charge in [0.1, 0.15) is 5.69 Å². The number of carbonyl (C=O) groups is 1. The van der Waals surface area contributed by atoms with Gasteiger partial charge >= 0.3 is 0 Å². The number of nitrogens with zero attached hydrogens (tertiary/aromatic N) is 1. The van der Waals surface area contributed by atoms with Gasteiger partial charge in [0, 0.05) is 25.0 Å². The largest absolute Gasteiger partial charge is 0.355 e. The molecule has 16 heavy (non-hydrogen) atoms. The van der Waals surface area contributed by atoms with Gasteiger partial charge in [-0.2, -0.15) is 0 Å². The third kappa shape index (κ3) is 1.28. The Hall–Kier alpha value is -2.21. The molecule has 1 heterocycles. The van der Waals surface area contributed by atoms with Crippen LogP contribution in [-0.4, -0.2) is 17.5 Å². The van der Waals surface area contributed by atoms with E-state index >= 15 is 0 Å². The van der Waals surface area contributed by atoms with E-state index in [1.54, 1.807) is 7.05 Å². The molecule has 3 nitrogen and oxygen atoms in total. The predicted octanol–water partition coefficient (Wildman–Crippen LogP) is 1.52. The van der Waals surface area contributed by atoms with Gasteiger partial charge in [-0.1, -0.05) is 24.1 Å². The zero-order chi connectivity index (χ0) is 11.7. The second kappa shape index (κ2) is 3.74. The molecule has 0 unspecified atom stereocenters. The van der Waals surface area contributed by atoms with E-state index in [0.29, 0.717) is 11.3 Å². The first kappa shape index (κ1) is 10.3. The van der Waals surface area contributed by atoms with Gasteiger partial charge < -0.3 is 9.88 Å². The van der Waals surface area contributed by atoms with Crippen LogP contribution in [0.25, 0.3) is 10.9 Å². The molecule has 3 heteroatoms. The summed E-state index contributed by atoms with van der Waals surface area (Å²) in [7, 11) is 3.47. The molecule has 80 valence electrons. The van der Waals surface area contributed by atoms with Crippen molar-refractivity contribution in [1.29, 1.82) is 0 Å². The first-order valence-corrected chi connectivity index (χ1v) is 4.96. The van der Waals surface area contributed by atoms with Gasteiger partial charge in [-0.3, -0.25) is 4.79 Å². The zero-order valence-electron chi connectivity index (χ0n) is 9.24. The van der Waals surface area contributed by atoms with Gasteiger partial charge in [0.25, 0.3) is 5.91 Å². The van der Waals surface area contributed by atoms with Crippen molar-refractivity contribution in [2.45, 2.75) is 0 Å². The quantitative estimate of drug-likeness (QED) is 0.714. The smallest absolute Gasteiger partial charge is 0.254 e. The number of amides is 1. The van der Waals surface area contributed by atoms with Gasteiger partial charge in [-0.05, 0) is 6.07 Å². The van der Waals surface area contributed by atoms with Crippen LogP contribution in [0.4, 0.5) is 0 Å². The number of para-hydroxylation sites is 1. The van der Waals surface area contributed by atoms with Crippen molar-refractivity contribution >= 4 is 16.8 Å². The fraction of sp³-hybridized carbons (Fsp3) is 0.154. The molecule has 0 spiro atoms. The minimum atomic E-state index is -0.148. The average molecular weight is 212 g/mol. The number of hydrogen-bond donors (Lipinski definition) is 1. The van der Waals surface area contributed by atoms with Crippen LogP contribution in [0.15, 0.2) is 24.3 Å². The summed E-state index contributed by atoms with van der Waals surface area (Å²) < 4.78 is 1.86. The molecule has 1 amide bonds. The highest BCUT2D eigenvalue weighted by molar-refractivity contribution is 6.09. The van der Waals surface area contributed by atoms with Crippen molar-refractivity contribution < 1.29 is 4.79 Å². The standard InChI is InChI=1S/C13H12N2O/c1-4-10-12(13(16)14-2)9-7-5-6-8-11(9)15(10)3/h1,5-8H,2-3H3,(H,14,16). The molecule has 1 N–H and O–H groups in total. The summed E-state index contributed by atoms with van der Waals surface area (Å²) in [4.78, 5) is 11.8. The minimum Gasteiger partial charge on any atom is -0.355 e. The number of carbonyl (C=O) groups excluding carboxylic acids is 1. The lowest BCUT2D eigenvalue weighted by atomic mass is 10.1. The monoisotopic (exact) mass is 212 g/mol. The summed E-state index contributed by atoms with van der Waals surface area (Å²) in [5.41, 5.74) is 2.15. The van der Waals surface area contributed by atoms with E-state index in [1.165, 1.54) is 0 Å². The predicted molar refractivity (Wildman–Crippen MR) is 64.2 cm³/mol. The molecule has 0 radical (unpaired) electrons. The van der Waals surface area contributed by atoms with Crippen molar-refractivity contribution in [3.05, 3.63) is 35.5 Å². The van der Waals surface area contributed by atoms with E-state index in [-0.39, 0.29) is 5.91 Å². The zero-order valence-corrected chi connectivity index (χ0v) is 9.24. The lowest BCUT2D eigenvalue weighted by Gasteiger charge is -1.99. The lowest BCUT2D eigenvalue weighted by molar-refractivity contribution is 0.0964. The Labute approximate surface area is 94.1 Å². The van der Waals surface area contributed by atoms with Gasteiger partial charge in [-0.15, -0.1) is 6.42 Å². The molecule has 0 aliphatic heterocycles. The van der Waals surface area contributed by atoms with Gasteiger partial charge in [0.15, 0.2) is 0 Å². The fourth-order valence-electron chi connectivity index (χ4n) is 1.92. The lowest BCUT2D eigenvalue weighted by Crippen LogP contribution is -2.18. The summed E-state index contributed by atoms with van der Waals surface area (Å²) in [5, 5.41) is 3.50. The molecule has 0 saturated carbocycles. The third-order valence-corrected chi connectivity index (χ3v) is 2.70. The highest BCUT2D eigenvalue weighted by Gasteiger charge is 2.18. The molecule has 0 fully saturated rings. The van der Waals surface area contributed by atoms with Gasteiger partial charge in [-0.25, -0.2) is 0 Å². The van der Waals surface area contributed by atoms with E-state index in [9.17, 15) is 4.79 Å². The molecule has 1 aromatic heterocycles. The van der Waals surface area contributed by atoms with Crippen molar-refractivity contribution in [2.24, 2.45) is 7.05 Å². The second-order valence-electron chi connectivity index (χ2n) is 3.52. The van der Waals surface area contributed by atoms with E-state index in [1.807, 2.05) is 35.9 Å². The number of aromatic nitrogens is 1. The van der Waals surface area contributed by atoms with E-state index in [0.717, 1.165) is 10.9 Å². The normalized spacial score (nSPS) is 10.1. The summed E-state index contributed by atoms with van der Waals surface area (Å²) in [6, 6.07) is 7.68. The Morgan fingerprint density at radius 3 is 2.75 bits per heavy atom. The highest BCUT2D eigenvalue weighted by Crippen LogP contribution is 2.24. The molecule has 0 aliphatic carbocycles. The Morgan fingerprint density at radius 1 is 1.44 bits per heavy atom. The minimum absolute atomic E-state index is 0.148. The molecule has 0 atom stereocenters. The van der Waals surface area contributed by atoms with Crippen LogP contribution in [0.3, 0.4) is 0 Å². The van der Waals surface area contributed by atoms with Crippen LogP contribution in [0, 0.1) is 12.3 Å². The van der Waals surface area contributed by atoms with Crippen molar-refractivity contribution in [3.63, 3.8) is 0 Å². The Balaban J connectivity index is 2.90. The number of benzene rings is 1. The fourth-order valence-corrected chi connectivity index (χ4v) is 1.92. The van der Waals surface area contributed by atoms with Crippen molar-refractivity contribution in [1.82, 2.24) is 9.88 Å². The van der Waals surface area contributed by atoms with E-state index < -0.39 is 0 Å². The molecule has 0 bridgehead atoms. The van der Waals surface area contributed by atoms with Gasteiger partial charge in [0.05, 0.1) is 5.56 Å². The van der Waals surface area contributed by atoms with Gasteiger partial charge in [0.2, 0.25) is 0 Å². The number of rotatable bonds is 1. The SMILES string of the molecule is C#Cc1c(C(=O)NC)c2ccccc2n1C. The van der Waals surface area contributed by atoms with Crippen LogP contribution in [0.1, 0.15) is 16.1 Å². The second-order valence-corrected chi connectivity index (χ2v) is 3.52. The number of aryl methyl sites for hydroxylation is 1. The van der Waals surface area contributed by atoms with Crippen LogP contribution in [-0.2, 0) is 7.05 Å². The van der Waals surface area contributed by atoms with Crippen LogP contribution in [0.2, 0.25) is 0 Å². The first-order valence-electron chi connectivity index (χ1n) is 4.96. The van der Waals surface area contributed by atoms with Crippen LogP contribution >= 0.6 is 0 Å². The van der Waals surface area contributed by atoms with Crippen molar-refractivity contribution in [3.8, 4) is 12.3 Å². The summed E-state index contributed by atoms with van der Waals surface area (Å²) in [5.74, 6) is 2.42. The maximum Gasteiger partial charge on any atom is 0.254 e. The molecule has 2 aromatic rings. The molecule has 0 saturated heterocycles. The van der Waals surface area contributed by atoms with Crippen LogP contribution < -0.4 is 5.32 Å². The molecule has 0 aliphatic rings. The number of terminal acetylenes is 1. The van der Waals surface area contributed by atoms with E-state index in [4.69, 9.17) is 6.42 Å². The molecular weight excluding hydrogens is 200 g/mol. The molecule has 2 rings (SSSR count). The highest BCUT2D eigenvalue weighted by atomic mass is 16.1. The topological polar surface area (TPSA) is 34.0 Å². The Bertz CT molecular complexity index is 602. The van der Waals surface area contributed by atoms with E-state index in [2.05, 4.69) is 11.2 Å². The Morgan fingerprint density at radius 2 is 2.12 bits per heavy atom.